The molecule has 0 radical (unpaired) electrons. The van der Waals surface area contributed by atoms with Gasteiger partial charge in [0.2, 0.25) is 0 Å². The second-order valence-electron chi connectivity index (χ2n) is 8.95. The highest BCUT2D eigenvalue weighted by Gasteiger charge is 2.45. The second kappa shape index (κ2) is 12.1. The van der Waals surface area contributed by atoms with Crippen LogP contribution >= 0.6 is 0 Å². The van der Waals surface area contributed by atoms with Gasteiger partial charge in [-0.2, -0.15) is 0 Å². The third-order valence-electron chi connectivity index (χ3n) is 5.96. The van der Waals surface area contributed by atoms with Gasteiger partial charge in [0.05, 0.1) is 24.7 Å². The molecular formula is C25H34O9. The molecule has 1 fully saturated rings. The van der Waals surface area contributed by atoms with Crippen molar-refractivity contribution in [3.8, 4) is 0 Å². The molecule has 0 aromatic heterocycles. The molecule has 0 spiro atoms. The van der Waals surface area contributed by atoms with E-state index in [0.717, 1.165) is 11.6 Å². The lowest BCUT2D eigenvalue weighted by Gasteiger charge is -2.29. The Morgan fingerprint density at radius 2 is 1.94 bits per heavy atom. The van der Waals surface area contributed by atoms with Crippen molar-refractivity contribution in [1.29, 1.82) is 0 Å². The van der Waals surface area contributed by atoms with E-state index in [-0.39, 0.29) is 23.5 Å². The first-order valence-corrected chi connectivity index (χ1v) is 11.2. The zero-order chi connectivity index (χ0) is 25.6. The minimum atomic E-state index is -1.26. The largest absolute Gasteiger partial charge is 0.458 e. The van der Waals surface area contributed by atoms with Crippen LogP contribution in [0.1, 0.15) is 40.5 Å². The summed E-state index contributed by atoms with van der Waals surface area (Å²) in [4.78, 5) is 37.3. The van der Waals surface area contributed by atoms with E-state index in [4.69, 9.17) is 19.3 Å². The van der Waals surface area contributed by atoms with Crippen molar-refractivity contribution in [2.45, 2.75) is 65.0 Å². The average molecular weight is 479 g/mol. The van der Waals surface area contributed by atoms with Gasteiger partial charge in [-0.05, 0) is 37.5 Å². The predicted molar refractivity (Wildman–Crippen MR) is 122 cm³/mol. The summed E-state index contributed by atoms with van der Waals surface area (Å²) in [6.07, 6.45) is 1.60. The highest BCUT2D eigenvalue weighted by Crippen LogP contribution is 2.37. The SMILES string of the molecule is C=C1C(=O)O[C@H]2/C=C(/C)[C@@H](OC(=O)[C@H](O)C(C)C)C/C=C(\C)C[C@@H](OC(=O)/C(=C/CO)CO)[C@H]12. The molecule has 9 heteroatoms. The number of carbonyl (C=O) groups is 3. The minimum absolute atomic E-state index is 0.101. The molecule has 0 amide bonds. The van der Waals surface area contributed by atoms with Gasteiger partial charge < -0.3 is 29.5 Å². The van der Waals surface area contributed by atoms with Gasteiger partial charge in [-0.25, -0.2) is 14.4 Å². The molecule has 1 aliphatic carbocycles. The summed E-state index contributed by atoms with van der Waals surface area (Å²) in [6.45, 7) is 9.73. The zero-order valence-corrected chi connectivity index (χ0v) is 20.0. The van der Waals surface area contributed by atoms with E-state index in [9.17, 15) is 24.6 Å². The van der Waals surface area contributed by atoms with Crippen molar-refractivity contribution in [1.82, 2.24) is 0 Å². The van der Waals surface area contributed by atoms with Crippen LogP contribution in [0.2, 0.25) is 0 Å². The molecule has 0 aromatic carbocycles. The fourth-order valence-electron chi connectivity index (χ4n) is 3.84. The number of esters is 3. The summed E-state index contributed by atoms with van der Waals surface area (Å²) >= 11 is 0. The van der Waals surface area contributed by atoms with Crippen molar-refractivity contribution < 1.29 is 43.9 Å². The zero-order valence-electron chi connectivity index (χ0n) is 20.0. The van der Waals surface area contributed by atoms with E-state index in [0.29, 0.717) is 12.0 Å². The maximum Gasteiger partial charge on any atom is 0.336 e. The van der Waals surface area contributed by atoms with Crippen molar-refractivity contribution in [2.24, 2.45) is 11.8 Å². The number of rotatable bonds is 7. The Morgan fingerprint density at radius 1 is 1.26 bits per heavy atom. The van der Waals surface area contributed by atoms with E-state index < -0.39 is 61.5 Å². The van der Waals surface area contributed by atoms with Crippen molar-refractivity contribution in [2.75, 3.05) is 13.2 Å². The third-order valence-corrected chi connectivity index (χ3v) is 5.96. The van der Waals surface area contributed by atoms with Crippen molar-refractivity contribution in [3.63, 3.8) is 0 Å². The molecule has 1 heterocycles. The number of hydrogen-bond acceptors (Lipinski definition) is 9. The van der Waals surface area contributed by atoms with Gasteiger partial charge in [0.25, 0.3) is 0 Å². The van der Waals surface area contributed by atoms with Crippen LogP contribution in [0.15, 0.2) is 47.1 Å². The maximum atomic E-state index is 12.6. The summed E-state index contributed by atoms with van der Waals surface area (Å²) in [6, 6.07) is 0. The van der Waals surface area contributed by atoms with E-state index in [2.05, 4.69) is 6.58 Å². The molecule has 5 atom stereocenters. The van der Waals surface area contributed by atoms with Gasteiger partial charge in [-0.3, -0.25) is 0 Å². The van der Waals surface area contributed by atoms with Gasteiger partial charge in [0, 0.05) is 18.4 Å². The quantitative estimate of drug-likeness (QED) is 0.215. The molecule has 2 aliphatic rings. The van der Waals surface area contributed by atoms with Crippen LogP contribution < -0.4 is 0 Å². The summed E-state index contributed by atoms with van der Waals surface area (Å²) < 4.78 is 16.7. The van der Waals surface area contributed by atoms with E-state index in [1.165, 1.54) is 0 Å². The Kier molecular flexibility index (Phi) is 9.78. The predicted octanol–water partition coefficient (Wildman–Crippen LogP) is 1.52. The van der Waals surface area contributed by atoms with Crippen molar-refractivity contribution in [3.05, 3.63) is 47.1 Å². The molecule has 34 heavy (non-hydrogen) atoms. The Hall–Kier alpha value is -2.75. The highest BCUT2D eigenvalue weighted by atomic mass is 16.6. The number of aliphatic hydroxyl groups excluding tert-OH is 3. The summed E-state index contributed by atoms with van der Waals surface area (Å²) in [7, 11) is 0. The van der Waals surface area contributed by atoms with Gasteiger partial charge in [-0.15, -0.1) is 0 Å². The molecule has 0 aromatic rings. The van der Waals surface area contributed by atoms with Crippen LogP contribution in [0.25, 0.3) is 0 Å². The number of ether oxygens (including phenoxy) is 3. The average Bonchev–Trinajstić information content (AvgIpc) is 3.05. The summed E-state index contributed by atoms with van der Waals surface area (Å²) in [5.41, 5.74) is 1.45. The van der Waals surface area contributed by atoms with Crippen LogP contribution in [-0.4, -0.2) is 70.9 Å². The number of hydrogen-bond donors (Lipinski definition) is 3. The van der Waals surface area contributed by atoms with Gasteiger partial charge in [0.1, 0.15) is 18.3 Å². The fourth-order valence-corrected chi connectivity index (χ4v) is 3.84. The number of aliphatic hydroxyl groups is 3. The van der Waals surface area contributed by atoms with E-state index in [1.807, 2.05) is 13.0 Å². The third kappa shape index (κ3) is 6.65. The van der Waals surface area contributed by atoms with Gasteiger partial charge in [-0.1, -0.05) is 32.1 Å². The second-order valence-corrected chi connectivity index (χ2v) is 8.95. The summed E-state index contributed by atoms with van der Waals surface area (Å²) in [5.74, 6) is -3.19. The molecule has 1 saturated heterocycles. The van der Waals surface area contributed by atoms with Crippen LogP contribution in [-0.2, 0) is 28.6 Å². The first kappa shape index (κ1) is 27.5. The highest BCUT2D eigenvalue weighted by molar-refractivity contribution is 5.92. The molecule has 3 N–H and O–H groups in total. The first-order chi connectivity index (χ1) is 16.0. The normalized spacial score (nSPS) is 29.8. The number of carbonyl (C=O) groups excluding carboxylic acids is 3. The van der Waals surface area contributed by atoms with Crippen LogP contribution in [0.5, 0.6) is 0 Å². The van der Waals surface area contributed by atoms with Gasteiger partial charge in [0.15, 0.2) is 6.10 Å². The Labute approximate surface area is 199 Å². The van der Waals surface area contributed by atoms with E-state index in [1.54, 1.807) is 26.8 Å². The lowest BCUT2D eigenvalue weighted by Crippen LogP contribution is -2.35. The molecule has 1 aliphatic heterocycles. The number of fused-ring (bicyclic) bond motifs is 1. The van der Waals surface area contributed by atoms with E-state index >= 15 is 0 Å². The van der Waals surface area contributed by atoms with Crippen LogP contribution in [0.4, 0.5) is 0 Å². The lowest BCUT2D eigenvalue weighted by atomic mass is 9.85. The Balaban J connectivity index is 2.39. The Bertz CT molecular complexity index is 896. The fraction of sp³-hybridized carbons (Fsp3) is 0.560. The molecule has 0 bridgehead atoms. The molecule has 2 rings (SSSR count). The maximum absolute atomic E-state index is 12.6. The monoisotopic (exact) mass is 478 g/mol. The lowest BCUT2D eigenvalue weighted by molar-refractivity contribution is -0.159. The van der Waals surface area contributed by atoms with Crippen LogP contribution in [0, 0.1) is 11.8 Å². The standard InChI is InChI=1S/C25H34O9/c1-13(2)22(28)25(31)32-18-7-6-14(3)10-19(34-24(30)17(12-27)8-9-26)21-16(5)23(29)33-20(21)11-15(18)4/h6,8,11,13,18-22,26-28H,5,7,9-10,12H2,1-4H3/b14-6+,15-11-,17-8+/t18-,19+,20-,21-,22+/m0/s1. The molecule has 0 saturated carbocycles. The summed E-state index contributed by atoms with van der Waals surface area (Å²) in [5, 5.41) is 28.6. The first-order valence-electron chi connectivity index (χ1n) is 11.2. The molecule has 9 nitrogen and oxygen atoms in total. The molecule has 0 unspecified atom stereocenters. The molecule has 188 valence electrons. The Morgan fingerprint density at radius 3 is 2.53 bits per heavy atom. The van der Waals surface area contributed by atoms with Crippen LogP contribution in [0.3, 0.4) is 0 Å². The smallest absolute Gasteiger partial charge is 0.336 e. The molecular weight excluding hydrogens is 444 g/mol. The topological polar surface area (TPSA) is 140 Å². The van der Waals surface area contributed by atoms with Crippen molar-refractivity contribution >= 4 is 17.9 Å². The minimum Gasteiger partial charge on any atom is -0.458 e. The van der Waals surface area contributed by atoms with Gasteiger partial charge >= 0.3 is 17.9 Å².